The molecule has 21 nitrogen and oxygen atoms in total. The van der Waals surface area contributed by atoms with Gasteiger partial charge in [-0.25, -0.2) is 44.5 Å². The Kier molecular flexibility index (Phi) is 20.2. The predicted molar refractivity (Wildman–Crippen MR) is 250 cm³/mol. The SMILES string of the molecule is CC(C)(C)OC(=O)N1CCCN(c2cc(N)ncn2)CC1.CC(C)(C)OC(=O)N1CCCNCC1.N#Cc1cnc(Nc2cc(N3CCCNCC3)ncn2)s1.Nc1cc(Cl)ncn1. The quantitative estimate of drug-likeness (QED) is 0.172. The van der Waals surface area contributed by atoms with Crippen LogP contribution in [0.1, 0.15) is 65.7 Å². The standard InChI is InChI=1S/C14H23N5O2.C13H15N7S.C10H20N2O2.C4H4ClN3/c1-14(2,3)21-13(20)19-6-4-5-18(7-8-19)12-9-11(15)16-10-17-12;14-7-10-8-16-13(21-10)19-11-6-12(18-9-17-11)20-4-1-2-15-3-5-20;1-10(2,3)14-9(13)12-7-4-5-11-6-8-12;5-3-1-4(6)8-2-7-3/h9-10H,4-8H2,1-3H3,(H2,15,16,17);6,8-9,15H,1-5H2,(H,16,17,18,19);11H,4-8H2,1-3H3;1-2H,(H2,6,7,8). The fraction of sp³-hybridized carbons (Fsp3) is 0.561. The Hall–Kier alpha value is -5.89. The highest BCUT2D eigenvalue weighted by Gasteiger charge is 2.25. The summed E-state index contributed by atoms with van der Waals surface area (Å²) < 4.78 is 10.7. The third-order valence-electron chi connectivity index (χ3n) is 8.96. The first-order valence-corrected chi connectivity index (χ1v) is 22.3. The highest BCUT2D eigenvalue weighted by Crippen LogP contribution is 2.23. The molecule has 0 unspecified atom stereocenters. The number of hydrogen-bond acceptors (Lipinski definition) is 20. The fourth-order valence-electron chi connectivity index (χ4n) is 6.05. The Morgan fingerprint density at radius 3 is 1.83 bits per heavy atom. The maximum atomic E-state index is 12.1. The Balaban J connectivity index is 0.000000197. The highest BCUT2D eigenvalue weighted by molar-refractivity contribution is 7.16. The number of carbonyl (C=O) groups excluding carboxylic acids is 2. The second-order valence-electron chi connectivity index (χ2n) is 16.6. The van der Waals surface area contributed by atoms with E-state index in [0.717, 1.165) is 89.8 Å². The number of rotatable bonds is 4. The molecule has 3 saturated heterocycles. The molecule has 348 valence electrons. The topological polar surface area (TPSA) is 268 Å². The number of hydrogen-bond donors (Lipinski definition) is 5. The van der Waals surface area contributed by atoms with Gasteiger partial charge in [0, 0.05) is 83.6 Å². The van der Waals surface area contributed by atoms with Gasteiger partial charge >= 0.3 is 12.2 Å². The predicted octanol–water partition coefficient (Wildman–Crippen LogP) is 4.78. The van der Waals surface area contributed by atoms with Gasteiger partial charge in [0.05, 0.1) is 6.20 Å². The lowest BCUT2D eigenvalue weighted by Gasteiger charge is -2.26. The second kappa shape index (κ2) is 25.4. The molecule has 4 aromatic rings. The average molecular weight is 925 g/mol. The van der Waals surface area contributed by atoms with Gasteiger partial charge in [-0.1, -0.05) is 22.9 Å². The van der Waals surface area contributed by atoms with E-state index < -0.39 is 11.2 Å². The van der Waals surface area contributed by atoms with Crippen LogP contribution < -0.4 is 37.2 Å². The molecule has 7 heterocycles. The molecule has 3 aliphatic rings. The maximum Gasteiger partial charge on any atom is 0.410 e. The molecule has 0 bridgehead atoms. The number of ether oxygens (including phenoxy) is 2. The Morgan fingerprint density at radius 2 is 1.23 bits per heavy atom. The summed E-state index contributed by atoms with van der Waals surface area (Å²) in [4.78, 5) is 60.3. The van der Waals surface area contributed by atoms with Crippen LogP contribution in [0.4, 0.5) is 43.8 Å². The summed E-state index contributed by atoms with van der Waals surface area (Å²) in [6, 6.07) is 7.23. The van der Waals surface area contributed by atoms with Crippen molar-refractivity contribution in [2.45, 2.75) is 72.0 Å². The summed E-state index contributed by atoms with van der Waals surface area (Å²) in [7, 11) is 0. The van der Waals surface area contributed by atoms with Gasteiger partial charge < -0.3 is 56.5 Å². The van der Waals surface area contributed by atoms with Crippen LogP contribution in [0.2, 0.25) is 5.15 Å². The minimum absolute atomic E-state index is 0.193. The van der Waals surface area contributed by atoms with Gasteiger partial charge in [0.25, 0.3) is 0 Å². The number of nitrogen functional groups attached to an aromatic ring is 2. The number of anilines is 6. The molecular weight excluding hydrogens is 862 g/mol. The molecule has 0 spiro atoms. The molecular formula is C41H62ClN17O4S. The van der Waals surface area contributed by atoms with Crippen molar-refractivity contribution >= 4 is 69.3 Å². The Bertz CT molecular complexity index is 2060. The lowest BCUT2D eigenvalue weighted by molar-refractivity contribution is 0.0252. The normalized spacial score (nSPS) is 15.7. The zero-order valence-corrected chi connectivity index (χ0v) is 39.2. The van der Waals surface area contributed by atoms with Crippen molar-refractivity contribution in [1.82, 2.24) is 55.3 Å². The summed E-state index contributed by atoms with van der Waals surface area (Å²) in [5, 5.41) is 19.6. The first-order valence-electron chi connectivity index (χ1n) is 21.1. The molecule has 2 amide bonds. The van der Waals surface area contributed by atoms with Crippen LogP contribution in [0.3, 0.4) is 0 Å². The van der Waals surface area contributed by atoms with E-state index in [0.29, 0.717) is 52.2 Å². The van der Waals surface area contributed by atoms with E-state index in [1.54, 1.807) is 28.4 Å². The van der Waals surface area contributed by atoms with Crippen molar-refractivity contribution in [2.24, 2.45) is 0 Å². The molecule has 0 aromatic carbocycles. The van der Waals surface area contributed by atoms with Gasteiger partial charge in [-0.15, -0.1) is 0 Å². The molecule has 0 atom stereocenters. The smallest absolute Gasteiger partial charge is 0.410 e. The molecule has 23 heteroatoms. The zero-order chi connectivity index (χ0) is 46.5. The number of nitrogens with two attached hydrogens (primary N) is 2. The minimum Gasteiger partial charge on any atom is -0.444 e. The summed E-state index contributed by atoms with van der Waals surface area (Å²) in [6.45, 7) is 21.4. The zero-order valence-electron chi connectivity index (χ0n) is 37.6. The monoisotopic (exact) mass is 923 g/mol. The average Bonchev–Trinajstić information content (AvgIpc) is 3.51. The summed E-state index contributed by atoms with van der Waals surface area (Å²) in [5.41, 5.74) is 10.0. The van der Waals surface area contributed by atoms with Crippen molar-refractivity contribution in [3.8, 4) is 6.07 Å². The molecule has 7 N–H and O–H groups in total. The number of aromatic nitrogens is 7. The van der Waals surface area contributed by atoms with Crippen LogP contribution >= 0.6 is 22.9 Å². The summed E-state index contributed by atoms with van der Waals surface area (Å²) in [6.07, 6.45) is 8.39. The number of nitrogens with zero attached hydrogens (tertiary/aromatic N) is 12. The van der Waals surface area contributed by atoms with Gasteiger partial charge in [-0.3, -0.25) is 0 Å². The van der Waals surface area contributed by atoms with E-state index in [-0.39, 0.29) is 12.2 Å². The van der Waals surface area contributed by atoms with Crippen molar-refractivity contribution in [3.05, 3.63) is 53.4 Å². The molecule has 7 rings (SSSR count). The fourth-order valence-corrected chi connectivity index (χ4v) is 6.82. The van der Waals surface area contributed by atoms with E-state index in [9.17, 15) is 9.59 Å². The minimum atomic E-state index is -0.468. The van der Waals surface area contributed by atoms with Gasteiger partial charge in [0.2, 0.25) is 0 Å². The maximum absolute atomic E-state index is 12.1. The van der Waals surface area contributed by atoms with Crippen LogP contribution in [0, 0.1) is 11.3 Å². The lowest BCUT2D eigenvalue weighted by Crippen LogP contribution is -2.39. The third kappa shape index (κ3) is 19.2. The van der Waals surface area contributed by atoms with Crippen molar-refractivity contribution in [3.63, 3.8) is 0 Å². The van der Waals surface area contributed by atoms with E-state index in [4.69, 9.17) is 37.8 Å². The van der Waals surface area contributed by atoms with Gasteiger partial charge in [-0.2, -0.15) is 5.26 Å². The van der Waals surface area contributed by atoms with E-state index in [2.05, 4.69) is 66.7 Å². The number of thiazole rings is 1. The van der Waals surface area contributed by atoms with Gasteiger partial charge in [0.1, 0.15) is 75.4 Å². The number of nitriles is 1. The Labute approximate surface area is 384 Å². The molecule has 0 aliphatic carbocycles. The van der Waals surface area contributed by atoms with E-state index >= 15 is 0 Å². The number of nitrogens with one attached hydrogen (secondary N) is 3. The lowest BCUT2D eigenvalue weighted by atomic mass is 10.2. The van der Waals surface area contributed by atoms with Crippen LogP contribution in [-0.4, -0.2) is 147 Å². The largest absolute Gasteiger partial charge is 0.444 e. The van der Waals surface area contributed by atoms with Crippen molar-refractivity contribution in [2.75, 3.05) is 105 Å². The molecule has 3 aliphatic heterocycles. The second-order valence-corrected chi connectivity index (χ2v) is 18.0. The van der Waals surface area contributed by atoms with E-state index in [1.165, 1.54) is 30.1 Å². The van der Waals surface area contributed by atoms with Crippen LogP contribution in [0.25, 0.3) is 0 Å². The van der Waals surface area contributed by atoms with Gasteiger partial charge in [0.15, 0.2) is 5.13 Å². The summed E-state index contributed by atoms with van der Waals surface area (Å²) in [5.74, 6) is 3.25. The third-order valence-corrected chi connectivity index (χ3v) is 9.98. The molecule has 64 heavy (non-hydrogen) atoms. The molecule has 0 saturated carbocycles. The Morgan fingerprint density at radius 1 is 0.688 bits per heavy atom. The number of carbonyl (C=O) groups is 2. The van der Waals surface area contributed by atoms with Gasteiger partial charge in [-0.05, 0) is 73.9 Å². The number of amides is 2. The van der Waals surface area contributed by atoms with Crippen LogP contribution in [-0.2, 0) is 9.47 Å². The molecule has 3 fully saturated rings. The van der Waals surface area contributed by atoms with Crippen molar-refractivity contribution < 1.29 is 19.1 Å². The van der Waals surface area contributed by atoms with Crippen LogP contribution in [0.5, 0.6) is 0 Å². The first kappa shape index (κ1) is 50.8. The highest BCUT2D eigenvalue weighted by atomic mass is 35.5. The van der Waals surface area contributed by atoms with Crippen molar-refractivity contribution in [1.29, 1.82) is 5.26 Å². The summed E-state index contributed by atoms with van der Waals surface area (Å²) >= 11 is 6.72. The first-order chi connectivity index (χ1) is 30.5. The van der Waals surface area contributed by atoms with E-state index in [1.807, 2.05) is 47.6 Å². The molecule has 4 aromatic heterocycles. The number of halogens is 1. The molecule has 0 radical (unpaired) electrons. The van der Waals surface area contributed by atoms with Crippen LogP contribution in [0.15, 0.2) is 43.4 Å².